The maximum Gasteiger partial charge on any atom is 0.271 e. The molecule has 2 rings (SSSR count). The van der Waals surface area contributed by atoms with Crippen molar-refractivity contribution in [1.82, 2.24) is 5.43 Å². The Morgan fingerprint density at radius 1 is 1.33 bits per heavy atom. The highest BCUT2D eigenvalue weighted by Crippen LogP contribution is 2.19. The van der Waals surface area contributed by atoms with E-state index in [4.69, 9.17) is 4.42 Å². The Bertz CT molecular complexity index is 853. The molecule has 1 N–H and O–H groups in total. The van der Waals surface area contributed by atoms with Crippen molar-refractivity contribution in [1.29, 1.82) is 0 Å². The number of amides is 1. The Balaban J connectivity index is 2.02. The van der Waals surface area contributed by atoms with Crippen molar-refractivity contribution in [2.24, 2.45) is 5.10 Å². The number of nitrogens with zero attached hydrogens (tertiary/aromatic N) is 2. The number of halogens is 1. The first kappa shape index (κ1) is 18.2. The van der Waals surface area contributed by atoms with Crippen LogP contribution in [0.3, 0.4) is 0 Å². The molecule has 1 amide bonds. The third-order valence-corrected chi connectivity index (χ3v) is 5.22. The zero-order chi connectivity index (χ0) is 17.9. The number of rotatable bonds is 5. The topological polar surface area (TPSA) is 92.0 Å². The fraction of sp³-hybridized carbons (Fsp3) is 0.200. The lowest BCUT2D eigenvalue weighted by atomic mass is 10.2. The van der Waals surface area contributed by atoms with E-state index in [-0.39, 0.29) is 0 Å². The summed E-state index contributed by atoms with van der Waals surface area (Å²) in [6.07, 6.45) is 2.50. The van der Waals surface area contributed by atoms with Gasteiger partial charge in [-0.15, -0.1) is 0 Å². The monoisotopic (exact) mass is 413 g/mol. The molecule has 0 aliphatic carbocycles. The summed E-state index contributed by atoms with van der Waals surface area (Å²) >= 11 is 3.32. The molecule has 128 valence electrons. The fourth-order valence-electron chi connectivity index (χ4n) is 1.78. The van der Waals surface area contributed by atoms with E-state index in [1.54, 1.807) is 25.1 Å². The molecule has 9 heteroatoms. The highest BCUT2D eigenvalue weighted by Gasteiger charge is 2.12. The van der Waals surface area contributed by atoms with Gasteiger partial charge in [0.2, 0.25) is 10.0 Å². The summed E-state index contributed by atoms with van der Waals surface area (Å²) in [5.74, 6) is 0.806. The van der Waals surface area contributed by atoms with E-state index in [0.717, 1.165) is 15.0 Å². The molecule has 0 unspecified atom stereocenters. The molecule has 0 fully saturated rings. The summed E-state index contributed by atoms with van der Waals surface area (Å²) in [5.41, 5.74) is 3.20. The number of sulfonamides is 1. The normalized spacial score (nSPS) is 11.7. The summed E-state index contributed by atoms with van der Waals surface area (Å²) in [6.45, 7) is 1.80. The number of carbonyl (C=O) groups excluding carboxylic acids is 1. The number of nitrogens with one attached hydrogen (secondary N) is 1. The summed E-state index contributed by atoms with van der Waals surface area (Å²) in [6, 6.07) is 7.88. The first-order valence-electron chi connectivity index (χ1n) is 6.82. The summed E-state index contributed by atoms with van der Waals surface area (Å²) in [7, 11) is -1.90. The third-order valence-electron chi connectivity index (χ3n) is 3.22. The van der Waals surface area contributed by atoms with Crippen LogP contribution in [0.4, 0.5) is 5.69 Å². The van der Waals surface area contributed by atoms with Crippen LogP contribution in [0.15, 0.2) is 44.3 Å². The van der Waals surface area contributed by atoms with Gasteiger partial charge in [0.1, 0.15) is 11.5 Å². The smallest absolute Gasteiger partial charge is 0.271 e. The highest BCUT2D eigenvalue weighted by molar-refractivity contribution is 9.10. The van der Waals surface area contributed by atoms with Gasteiger partial charge >= 0.3 is 0 Å². The Labute approximate surface area is 148 Å². The van der Waals surface area contributed by atoms with Crippen LogP contribution in [0.2, 0.25) is 0 Å². The van der Waals surface area contributed by atoms with Crippen molar-refractivity contribution < 1.29 is 17.6 Å². The van der Waals surface area contributed by atoms with Gasteiger partial charge < -0.3 is 4.42 Å². The largest absolute Gasteiger partial charge is 0.459 e. The van der Waals surface area contributed by atoms with Gasteiger partial charge in [-0.1, -0.05) is 0 Å². The second-order valence-electron chi connectivity index (χ2n) is 5.03. The second-order valence-corrected chi connectivity index (χ2v) is 7.90. The first-order chi connectivity index (χ1) is 11.2. The predicted molar refractivity (Wildman–Crippen MR) is 95.9 cm³/mol. The second kappa shape index (κ2) is 7.18. The van der Waals surface area contributed by atoms with Crippen LogP contribution in [-0.4, -0.2) is 33.8 Å². The lowest BCUT2D eigenvalue weighted by molar-refractivity contribution is 0.0955. The van der Waals surface area contributed by atoms with Gasteiger partial charge in [-0.25, -0.2) is 13.8 Å². The number of anilines is 1. The van der Waals surface area contributed by atoms with Gasteiger partial charge in [0.25, 0.3) is 5.91 Å². The van der Waals surface area contributed by atoms with E-state index in [1.165, 1.54) is 25.4 Å². The molecule has 24 heavy (non-hydrogen) atoms. The molecule has 1 aromatic carbocycles. The number of hydrazone groups is 1. The predicted octanol–water partition coefficient (Wildman–Crippen LogP) is 2.51. The SMILES string of the molecule is Cc1oc(/C=N\NC(=O)c2ccc(N(C)S(C)(=O)=O)cc2)cc1Br. The van der Waals surface area contributed by atoms with Gasteiger partial charge in [0.15, 0.2) is 0 Å². The maximum absolute atomic E-state index is 12.0. The first-order valence-corrected chi connectivity index (χ1v) is 9.46. The Kier molecular flexibility index (Phi) is 5.45. The third kappa shape index (κ3) is 4.45. The van der Waals surface area contributed by atoms with Crippen molar-refractivity contribution in [3.63, 3.8) is 0 Å². The zero-order valence-corrected chi connectivity index (χ0v) is 15.7. The van der Waals surface area contributed by atoms with Crippen molar-refractivity contribution in [3.8, 4) is 0 Å². The average Bonchev–Trinajstić information content (AvgIpc) is 2.84. The van der Waals surface area contributed by atoms with Gasteiger partial charge in [-0.05, 0) is 47.1 Å². The van der Waals surface area contributed by atoms with Crippen molar-refractivity contribution in [2.75, 3.05) is 17.6 Å². The van der Waals surface area contributed by atoms with Crippen LogP contribution in [0, 0.1) is 6.92 Å². The van der Waals surface area contributed by atoms with Crippen molar-refractivity contribution in [3.05, 3.63) is 51.9 Å². The molecule has 0 spiro atoms. The zero-order valence-electron chi connectivity index (χ0n) is 13.3. The van der Waals surface area contributed by atoms with E-state index in [2.05, 4.69) is 26.5 Å². The Morgan fingerprint density at radius 3 is 2.46 bits per heavy atom. The van der Waals surface area contributed by atoms with E-state index in [1.807, 2.05) is 0 Å². The number of carbonyl (C=O) groups is 1. The molecule has 0 radical (unpaired) electrons. The van der Waals surface area contributed by atoms with Crippen LogP contribution < -0.4 is 9.73 Å². The van der Waals surface area contributed by atoms with Gasteiger partial charge in [0.05, 0.1) is 22.6 Å². The number of benzene rings is 1. The van der Waals surface area contributed by atoms with Gasteiger partial charge in [-0.3, -0.25) is 9.10 Å². The molecule has 0 saturated heterocycles. The molecular weight excluding hydrogens is 398 g/mol. The lowest BCUT2D eigenvalue weighted by Crippen LogP contribution is -2.25. The van der Waals surface area contributed by atoms with Gasteiger partial charge in [-0.2, -0.15) is 5.10 Å². The molecule has 0 aliphatic heterocycles. The quantitative estimate of drug-likeness (QED) is 0.601. The number of hydrogen-bond donors (Lipinski definition) is 1. The molecule has 1 heterocycles. The van der Waals surface area contributed by atoms with E-state index in [9.17, 15) is 13.2 Å². The molecular formula is C15H16BrN3O4S. The Morgan fingerprint density at radius 2 is 1.96 bits per heavy atom. The summed E-state index contributed by atoms with van der Waals surface area (Å²) in [4.78, 5) is 12.0. The molecule has 2 aromatic rings. The molecule has 1 aromatic heterocycles. The van der Waals surface area contributed by atoms with E-state index in [0.29, 0.717) is 22.8 Å². The molecule has 7 nitrogen and oxygen atoms in total. The highest BCUT2D eigenvalue weighted by atomic mass is 79.9. The van der Waals surface area contributed by atoms with Crippen LogP contribution in [0.25, 0.3) is 0 Å². The molecule has 0 atom stereocenters. The summed E-state index contributed by atoms with van der Waals surface area (Å²) < 4.78 is 30.2. The molecule has 0 aliphatic rings. The average molecular weight is 414 g/mol. The van der Waals surface area contributed by atoms with Crippen LogP contribution >= 0.6 is 15.9 Å². The van der Waals surface area contributed by atoms with Crippen LogP contribution in [-0.2, 0) is 10.0 Å². The van der Waals surface area contributed by atoms with E-state index >= 15 is 0 Å². The van der Waals surface area contributed by atoms with Gasteiger partial charge in [0, 0.05) is 18.7 Å². The standard InChI is InChI=1S/C15H16BrN3O4S/c1-10-14(16)8-13(23-10)9-17-18-15(20)11-4-6-12(7-5-11)19(2)24(3,21)22/h4-9H,1-3H3,(H,18,20)/b17-9-. The number of aryl methyl sites for hydroxylation is 1. The van der Waals surface area contributed by atoms with Crippen molar-refractivity contribution >= 4 is 43.8 Å². The van der Waals surface area contributed by atoms with Crippen molar-refractivity contribution in [2.45, 2.75) is 6.92 Å². The summed E-state index contributed by atoms with van der Waals surface area (Å²) in [5, 5.41) is 3.82. The minimum atomic E-state index is -3.34. The molecule has 0 saturated carbocycles. The van der Waals surface area contributed by atoms with Crippen LogP contribution in [0.5, 0.6) is 0 Å². The maximum atomic E-state index is 12.0. The minimum Gasteiger partial charge on any atom is -0.459 e. The number of hydrogen-bond acceptors (Lipinski definition) is 5. The lowest BCUT2D eigenvalue weighted by Gasteiger charge is -2.16. The van der Waals surface area contributed by atoms with Crippen LogP contribution in [0.1, 0.15) is 21.9 Å². The minimum absolute atomic E-state index is 0.356. The Hall–Kier alpha value is -2.13. The number of furan rings is 1. The molecule has 0 bridgehead atoms. The van der Waals surface area contributed by atoms with E-state index < -0.39 is 15.9 Å². The fourth-order valence-corrected chi connectivity index (χ4v) is 2.59.